The molecule has 0 saturated carbocycles. The maximum absolute atomic E-state index is 5.62. The van der Waals surface area contributed by atoms with Crippen LogP contribution in [0.4, 0.5) is 0 Å². The van der Waals surface area contributed by atoms with Gasteiger partial charge in [0.05, 0.1) is 18.3 Å². The lowest BCUT2D eigenvalue weighted by Gasteiger charge is -2.38. The molecule has 3 saturated heterocycles. The van der Waals surface area contributed by atoms with Gasteiger partial charge in [0.15, 0.2) is 0 Å². The first kappa shape index (κ1) is 10.4. The standard InChI is InChI=1S/C9H18BNO3/c1-7-4-11-5-8(2)13-10(12-7)14-9(3)6-11/h7-9H,4-6H2,1-3H3/t7-,8-,9-/m0/s1. The molecule has 2 bridgehead atoms. The van der Waals surface area contributed by atoms with Gasteiger partial charge in [0.2, 0.25) is 0 Å². The molecule has 14 heavy (non-hydrogen) atoms. The fraction of sp³-hybridized carbons (Fsp3) is 1.00. The second-order valence-corrected chi connectivity index (χ2v) is 4.35. The minimum Gasteiger partial charge on any atom is -0.382 e. The quantitative estimate of drug-likeness (QED) is 0.532. The Bertz CT molecular complexity index is 153. The average molecular weight is 199 g/mol. The Labute approximate surface area is 85.7 Å². The third-order valence-corrected chi connectivity index (χ3v) is 2.58. The summed E-state index contributed by atoms with van der Waals surface area (Å²) in [5, 5.41) is 0. The van der Waals surface area contributed by atoms with Gasteiger partial charge in [-0.25, -0.2) is 0 Å². The lowest BCUT2D eigenvalue weighted by atomic mass is 10.1. The smallest absolute Gasteiger partial charge is 0.382 e. The highest BCUT2D eigenvalue weighted by Gasteiger charge is 2.36. The molecule has 80 valence electrons. The third kappa shape index (κ3) is 2.48. The van der Waals surface area contributed by atoms with Gasteiger partial charge in [-0.2, -0.15) is 0 Å². The molecule has 0 unspecified atom stereocenters. The van der Waals surface area contributed by atoms with E-state index in [0.29, 0.717) is 0 Å². The van der Waals surface area contributed by atoms with Gasteiger partial charge in [0, 0.05) is 19.6 Å². The van der Waals surface area contributed by atoms with Gasteiger partial charge in [-0.1, -0.05) is 0 Å². The lowest BCUT2D eigenvalue weighted by molar-refractivity contribution is -0.0583. The van der Waals surface area contributed by atoms with Crippen LogP contribution >= 0.6 is 0 Å². The zero-order valence-corrected chi connectivity index (χ0v) is 9.10. The highest BCUT2D eigenvalue weighted by Crippen LogP contribution is 2.16. The topological polar surface area (TPSA) is 30.9 Å². The minimum absolute atomic E-state index is 0.181. The van der Waals surface area contributed by atoms with Crippen LogP contribution in [0.15, 0.2) is 0 Å². The predicted molar refractivity (Wildman–Crippen MR) is 53.8 cm³/mol. The van der Waals surface area contributed by atoms with Crippen LogP contribution in [0.5, 0.6) is 0 Å². The third-order valence-electron chi connectivity index (χ3n) is 2.58. The van der Waals surface area contributed by atoms with Crippen LogP contribution in [0.2, 0.25) is 0 Å². The molecule has 3 rings (SSSR count). The van der Waals surface area contributed by atoms with Crippen molar-refractivity contribution in [3.8, 4) is 0 Å². The molecule has 0 N–H and O–H groups in total. The zero-order valence-electron chi connectivity index (χ0n) is 9.10. The number of nitrogens with zero attached hydrogens (tertiary/aromatic N) is 1. The number of rotatable bonds is 0. The van der Waals surface area contributed by atoms with Crippen molar-refractivity contribution in [1.29, 1.82) is 0 Å². The summed E-state index contributed by atoms with van der Waals surface area (Å²) in [4.78, 5) is 2.34. The number of hydrogen-bond donors (Lipinski definition) is 0. The second-order valence-electron chi connectivity index (χ2n) is 4.35. The number of fused-ring (bicyclic) bond motifs is 6. The summed E-state index contributed by atoms with van der Waals surface area (Å²) in [5.41, 5.74) is 0. The summed E-state index contributed by atoms with van der Waals surface area (Å²) in [6.07, 6.45) is 0.542. The number of hydrogen-bond acceptors (Lipinski definition) is 4. The van der Waals surface area contributed by atoms with Crippen molar-refractivity contribution in [2.24, 2.45) is 0 Å². The van der Waals surface area contributed by atoms with Crippen molar-refractivity contribution in [1.82, 2.24) is 4.90 Å². The van der Waals surface area contributed by atoms with Crippen LogP contribution in [0.1, 0.15) is 20.8 Å². The molecule has 0 aromatic heterocycles. The van der Waals surface area contributed by atoms with E-state index in [1.807, 2.05) is 0 Å². The van der Waals surface area contributed by atoms with E-state index in [1.165, 1.54) is 0 Å². The van der Waals surface area contributed by atoms with Crippen molar-refractivity contribution < 1.29 is 14.0 Å². The van der Waals surface area contributed by atoms with Crippen LogP contribution in [-0.2, 0) is 14.0 Å². The molecular formula is C9H18BNO3. The highest BCUT2D eigenvalue weighted by atomic mass is 16.7. The highest BCUT2D eigenvalue weighted by molar-refractivity contribution is 6.36. The molecule has 3 aliphatic heterocycles. The van der Waals surface area contributed by atoms with Gasteiger partial charge in [0.25, 0.3) is 0 Å². The van der Waals surface area contributed by atoms with Crippen molar-refractivity contribution in [3.05, 3.63) is 0 Å². The van der Waals surface area contributed by atoms with Gasteiger partial charge in [0.1, 0.15) is 0 Å². The van der Waals surface area contributed by atoms with E-state index in [4.69, 9.17) is 14.0 Å². The first-order chi connectivity index (χ1) is 6.63. The Morgan fingerprint density at radius 3 is 1.57 bits per heavy atom. The van der Waals surface area contributed by atoms with Crippen molar-refractivity contribution in [2.75, 3.05) is 19.6 Å². The average Bonchev–Trinajstić information content (AvgIpc) is 1.96. The molecule has 3 fully saturated rings. The Morgan fingerprint density at radius 1 is 0.857 bits per heavy atom. The van der Waals surface area contributed by atoms with Crippen LogP contribution < -0.4 is 0 Å². The van der Waals surface area contributed by atoms with Gasteiger partial charge >= 0.3 is 7.32 Å². The molecule has 4 nitrogen and oxygen atoms in total. The molecule has 0 aromatic rings. The molecule has 3 aliphatic rings. The largest absolute Gasteiger partial charge is 0.640 e. The molecule has 5 heteroatoms. The summed E-state index contributed by atoms with van der Waals surface area (Å²) in [5.74, 6) is 0. The Kier molecular flexibility index (Phi) is 3.12. The van der Waals surface area contributed by atoms with E-state index in [1.54, 1.807) is 0 Å². The molecule has 0 aromatic carbocycles. The SMILES string of the molecule is C[C@H]1CN2C[C@H](C)OB(O1)O[C@@H](C)C2. The van der Waals surface area contributed by atoms with Crippen LogP contribution in [0, 0.1) is 0 Å². The maximum Gasteiger partial charge on any atom is 0.640 e. The van der Waals surface area contributed by atoms with Gasteiger partial charge in [-0.3, -0.25) is 4.90 Å². The fourth-order valence-corrected chi connectivity index (χ4v) is 2.11. The predicted octanol–water partition coefficient (Wildman–Crippen LogP) is 0.516. The summed E-state index contributed by atoms with van der Waals surface area (Å²) < 4.78 is 16.9. The van der Waals surface area contributed by atoms with E-state index in [-0.39, 0.29) is 18.3 Å². The Hall–Kier alpha value is -0.0951. The van der Waals surface area contributed by atoms with Crippen LogP contribution in [-0.4, -0.2) is 50.2 Å². The van der Waals surface area contributed by atoms with E-state index in [9.17, 15) is 0 Å². The van der Waals surface area contributed by atoms with Gasteiger partial charge < -0.3 is 14.0 Å². The normalized spacial score (nSPS) is 44.4. The summed E-state index contributed by atoms with van der Waals surface area (Å²) in [6, 6.07) is 0. The Morgan fingerprint density at radius 2 is 1.21 bits per heavy atom. The van der Waals surface area contributed by atoms with Crippen molar-refractivity contribution >= 4 is 7.32 Å². The first-order valence-corrected chi connectivity index (χ1v) is 5.32. The zero-order chi connectivity index (χ0) is 10.1. The fourth-order valence-electron chi connectivity index (χ4n) is 2.11. The molecular weight excluding hydrogens is 181 g/mol. The van der Waals surface area contributed by atoms with Gasteiger partial charge in [-0.15, -0.1) is 0 Å². The Balaban J connectivity index is 2.10. The van der Waals surface area contributed by atoms with Crippen LogP contribution in [0.25, 0.3) is 0 Å². The van der Waals surface area contributed by atoms with Crippen molar-refractivity contribution in [2.45, 2.75) is 39.1 Å². The van der Waals surface area contributed by atoms with Crippen LogP contribution in [0.3, 0.4) is 0 Å². The second kappa shape index (κ2) is 4.19. The summed E-state index contributed by atoms with van der Waals surface area (Å²) >= 11 is 0. The lowest BCUT2D eigenvalue weighted by Crippen LogP contribution is -2.53. The monoisotopic (exact) mass is 199 g/mol. The maximum atomic E-state index is 5.62. The molecule has 3 atom stereocenters. The van der Waals surface area contributed by atoms with E-state index in [2.05, 4.69) is 25.7 Å². The molecule has 0 radical (unpaired) electrons. The molecule has 0 amide bonds. The summed E-state index contributed by atoms with van der Waals surface area (Å²) in [7, 11) is -0.475. The molecule has 3 heterocycles. The van der Waals surface area contributed by atoms with E-state index >= 15 is 0 Å². The van der Waals surface area contributed by atoms with Gasteiger partial charge in [-0.05, 0) is 20.8 Å². The summed E-state index contributed by atoms with van der Waals surface area (Å²) in [6.45, 7) is 9.07. The first-order valence-electron chi connectivity index (χ1n) is 5.32. The van der Waals surface area contributed by atoms with E-state index < -0.39 is 7.32 Å². The van der Waals surface area contributed by atoms with E-state index in [0.717, 1.165) is 19.6 Å². The minimum atomic E-state index is -0.475. The molecule has 0 aliphatic carbocycles. The molecule has 0 spiro atoms. The van der Waals surface area contributed by atoms with Crippen molar-refractivity contribution in [3.63, 3.8) is 0 Å².